The number of benzene rings is 1. The SMILES string of the molecule is Cc1cc(N)n(Cc2ccc(C(C)C)cc2)n1. The van der Waals surface area contributed by atoms with Gasteiger partial charge in [-0.1, -0.05) is 38.1 Å². The number of aryl methyl sites for hydroxylation is 1. The molecule has 1 aromatic carbocycles. The van der Waals surface area contributed by atoms with E-state index in [9.17, 15) is 0 Å². The number of nitrogen functional groups attached to an aromatic ring is 1. The summed E-state index contributed by atoms with van der Waals surface area (Å²) in [5, 5.41) is 4.35. The van der Waals surface area contributed by atoms with Crippen molar-refractivity contribution < 1.29 is 0 Å². The number of hydrogen-bond acceptors (Lipinski definition) is 2. The normalized spacial score (nSPS) is 11.1. The summed E-state index contributed by atoms with van der Waals surface area (Å²) in [6.07, 6.45) is 0. The first-order chi connectivity index (χ1) is 8.06. The standard InChI is InChI=1S/C14H19N3/c1-10(2)13-6-4-12(5-7-13)9-17-14(15)8-11(3)16-17/h4-8,10H,9,15H2,1-3H3. The predicted molar refractivity (Wildman–Crippen MR) is 71.0 cm³/mol. The molecule has 0 spiro atoms. The second kappa shape index (κ2) is 4.62. The van der Waals surface area contributed by atoms with Crippen molar-refractivity contribution in [2.24, 2.45) is 0 Å². The highest BCUT2D eigenvalue weighted by molar-refractivity contribution is 5.32. The van der Waals surface area contributed by atoms with Gasteiger partial charge in [-0.2, -0.15) is 5.10 Å². The van der Waals surface area contributed by atoms with Crippen molar-refractivity contribution in [2.75, 3.05) is 5.73 Å². The molecule has 0 aliphatic carbocycles. The van der Waals surface area contributed by atoms with E-state index < -0.39 is 0 Å². The highest BCUT2D eigenvalue weighted by atomic mass is 15.3. The van der Waals surface area contributed by atoms with E-state index in [1.807, 2.05) is 17.7 Å². The molecule has 1 heterocycles. The molecule has 0 radical (unpaired) electrons. The van der Waals surface area contributed by atoms with E-state index in [2.05, 4.69) is 43.2 Å². The number of rotatable bonds is 3. The molecule has 0 aliphatic heterocycles. The van der Waals surface area contributed by atoms with Gasteiger partial charge in [-0.3, -0.25) is 0 Å². The first kappa shape index (κ1) is 11.7. The maximum Gasteiger partial charge on any atom is 0.122 e. The Hall–Kier alpha value is -1.77. The van der Waals surface area contributed by atoms with Crippen LogP contribution in [0.5, 0.6) is 0 Å². The Labute approximate surface area is 102 Å². The van der Waals surface area contributed by atoms with Crippen molar-refractivity contribution in [1.82, 2.24) is 9.78 Å². The molecule has 2 N–H and O–H groups in total. The fourth-order valence-electron chi connectivity index (χ4n) is 1.87. The zero-order valence-corrected chi connectivity index (χ0v) is 10.6. The van der Waals surface area contributed by atoms with Crippen LogP contribution in [-0.4, -0.2) is 9.78 Å². The third-order valence-corrected chi connectivity index (χ3v) is 2.91. The summed E-state index contributed by atoms with van der Waals surface area (Å²) in [6.45, 7) is 7.08. The zero-order valence-electron chi connectivity index (χ0n) is 10.6. The van der Waals surface area contributed by atoms with Gasteiger partial charge in [-0.15, -0.1) is 0 Å². The largest absolute Gasteiger partial charge is 0.384 e. The van der Waals surface area contributed by atoms with Crippen LogP contribution in [0.3, 0.4) is 0 Å². The van der Waals surface area contributed by atoms with Crippen molar-refractivity contribution >= 4 is 5.82 Å². The summed E-state index contributed by atoms with van der Waals surface area (Å²) in [5.41, 5.74) is 9.41. The van der Waals surface area contributed by atoms with Crippen molar-refractivity contribution in [2.45, 2.75) is 33.2 Å². The lowest BCUT2D eigenvalue weighted by atomic mass is 10.0. The average Bonchev–Trinajstić information content (AvgIpc) is 2.58. The molecule has 90 valence electrons. The van der Waals surface area contributed by atoms with E-state index in [-0.39, 0.29) is 0 Å². The van der Waals surface area contributed by atoms with Crippen LogP contribution in [0.1, 0.15) is 36.6 Å². The molecule has 0 amide bonds. The van der Waals surface area contributed by atoms with E-state index in [0.717, 1.165) is 18.1 Å². The molecule has 0 fully saturated rings. The summed E-state index contributed by atoms with van der Waals surface area (Å²) in [6, 6.07) is 10.5. The van der Waals surface area contributed by atoms with Crippen LogP contribution < -0.4 is 5.73 Å². The Balaban J connectivity index is 2.16. The molecule has 0 atom stereocenters. The molecule has 0 aliphatic rings. The lowest BCUT2D eigenvalue weighted by Gasteiger charge is -2.08. The molecule has 2 rings (SSSR count). The van der Waals surface area contributed by atoms with Gasteiger partial charge in [0.05, 0.1) is 12.2 Å². The molecule has 0 saturated carbocycles. The van der Waals surface area contributed by atoms with Crippen molar-refractivity contribution in [3.63, 3.8) is 0 Å². The van der Waals surface area contributed by atoms with Crippen LogP contribution in [0.2, 0.25) is 0 Å². The molecule has 17 heavy (non-hydrogen) atoms. The predicted octanol–water partition coefficient (Wildman–Crippen LogP) is 2.95. The maximum atomic E-state index is 5.87. The molecule has 0 unspecified atom stereocenters. The minimum atomic E-state index is 0.570. The van der Waals surface area contributed by atoms with Gasteiger partial charge < -0.3 is 5.73 Å². The molecule has 3 nitrogen and oxygen atoms in total. The monoisotopic (exact) mass is 229 g/mol. The lowest BCUT2D eigenvalue weighted by Crippen LogP contribution is -2.05. The van der Waals surface area contributed by atoms with E-state index in [1.165, 1.54) is 11.1 Å². The first-order valence-electron chi connectivity index (χ1n) is 5.95. The number of anilines is 1. The second-order valence-corrected chi connectivity index (χ2v) is 4.76. The van der Waals surface area contributed by atoms with Crippen LogP contribution in [0.15, 0.2) is 30.3 Å². The fourth-order valence-corrected chi connectivity index (χ4v) is 1.87. The van der Waals surface area contributed by atoms with E-state index in [1.54, 1.807) is 0 Å². The van der Waals surface area contributed by atoms with Gasteiger partial charge in [0.2, 0.25) is 0 Å². The number of nitrogens with two attached hydrogens (primary N) is 1. The first-order valence-corrected chi connectivity index (χ1v) is 5.95. The molecule has 2 aromatic rings. The summed E-state index contributed by atoms with van der Waals surface area (Å²) >= 11 is 0. The Kier molecular flexibility index (Phi) is 3.18. The van der Waals surface area contributed by atoms with Gasteiger partial charge in [-0.25, -0.2) is 4.68 Å². The van der Waals surface area contributed by atoms with Gasteiger partial charge in [0.1, 0.15) is 5.82 Å². The quantitative estimate of drug-likeness (QED) is 0.879. The average molecular weight is 229 g/mol. The van der Waals surface area contributed by atoms with Crippen LogP contribution in [0.25, 0.3) is 0 Å². The van der Waals surface area contributed by atoms with Crippen molar-refractivity contribution in [3.05, 3.63) is 47.2 Å². The smallest absolute Gasteiger partial charge is 0.122 e. The molecular weight excluding hydrogens is 210 g/mol. The van der Waals surface area contributed by atoms with Crippen LogP contribution in [0.4, 0.5) is 5.82 Å². The van der Waals surface area contributed by atoms with E-state index >= 15 is 0 Å². The lowest BCUT2D eigenvalue weighted by molar-refractivity contribution is 0.688. The summed E-state index contributed by atoms with van der Waals surface area (Å²) in [4.78, 5) is 0. The van der Waals surface area contributed by atoms with Crippen LogP contribution >= 0.6 is 0 Å². The molecule has 3 heteroatoms. The van der Waals surface area contributed by atoms with E-state index in [4.69, 9.17) is 5.73 Å². The van der Waals surface area contributed by atoms with Gasteiger partial charge in [0, 0.05) is 6.07 Å². The molecule has 1 aromatic heterocycles. The highest BCUT2D eigenvalue weighted by Gasteiger charge is 2.03. The minimum absolute atomic E-state index is 0.570. The van der Waals surface area contributed by atoms with Gasteiger partial charge >= 0.3 is 0 Å². The second-order valence-electron chi connectivity index (χ2n) is 4.76. The Bertz CT molecular complexity index is 495. The number of nitrogens with zero attached hydrogens (tertiary/aromatic N) is 2. The fraction of sp³-hybridized carbons (Fsp3) is 0.357. The molecular formula is C14H19N3. The zero-order chi connectivity index (χ0) is 12.4. The molecule has 0 bridgehead atoms. The third kappa shape index (κ3) is 2.67. The Morgan fingerprint density at radius 2 is 1.88 bits per heavy atom. The summed E-state index contributed by atoms with van der Waals surface area (Å²) in [5.74, 6) is 1.29. The van der Waals surface area contributed by atoms with Gasteiger partial charge in [0.25, 0.3) is 0 Å². The Morgan fingerprint density at radius 3 is 2.35 bits per heavy atom. The van der Waals surface area contributed by atoms with Crippen molar-refractivity contribution in [1.29, 1.82) is 0 Å². The Morgan fingerprint density at radius 1 is 1.24 bits per heavy atom. The maximum absolute atomic E-state index is 5.87. The number of aromatic nitrogens is 2. The van der Waals surface area contributed by atoms with Crippen molar-refractivity contribution in [3.8, 4) is 0 Å². The van der Waals surface area contributed by atoms with Crippen LogP contribution in [0, 0.1) is 6.92 Å². The minimum Gasteiger partial charge on any atom is -0.384 e. The molecule has 0 saturated heterocycles. The third-order valence-electron chi connectivity index (χ3n) is 2.91. The number of hydrogen-bond donors (Lipinski definition) is 1. The summed E-state index contributed by atoms with van der Waals surface area (Å²) in [7, 11) is 0. The summed E-state index contributed by atoms with van der Waals surface area (Å²) < 4.78 is 1.83. The van der Waals surface area contributed by atoms with E-state index in [0.29, 0.717) is 5.92 Å². The van der Waals surface area contributed by atoms with Crippen LogP contribution in [-0.2, 0) is 6.54 Å². The topological polar surface area (TPSA) is 43.8 Å². The van der Waals surface area contributed by atoms with Gasteiger partial charge in [0.15, 0.2) is 0 Å². The van der Waals surface area contributed by atoms with Gasteiger partial charge in [-0.05, 0) is 24.0 Å². The highest BCUT2D eigenvalue weighted by Crippen LogP contribution is 2.16.